The van der Waals surface area contributed by atoms with Gasteiger partial charge in [-0.25, -0.2) is 4.90 Å². The van der Waals surface area contributed by atoms with Gasteiger partial charge in [0.15, 0.2) is 0 Å². The SMILES string of the molecule is Cc1cc(C)c2c(c1)[C@]1(C(=O)N2)[C@@H]2C(=O)N(c3ccc([N+](=O)[O-])cc3C)C(=O)[C@H]2[C@@H]2CCCN21. The summed E-state index contributed by atoms with van der Waals surface area (Å²) >= 11 is 0. The third-order valence-electron chi connectivity index (χ3n) is 8.08. The van der Waals surface area contributed by atoms with E-state index < -0.39 is 28.2 Å². The number of carbonyl (C=O) groups excluding carboxylic acids is 3. The van der Waals surface area contributed by atoms with E-state index >= 15 is 0 Å². The molecule has 2 aromatic carbocycles. The molecule has 0 unspecified atom stereocenters. The predicted molar refractivity (Wildman–Crippen MR) is 123 cm³/mol. The molecule has 9 nitrogen and oxygen atoms in total. The highest BCUT2D eigenvalue weighted by atomic mass is 16.6. The molecule has 3 fully saturated rings. The zero-order chi connectivity index (χ0) is 24.1. The highest BCUT2D eigenvalue weighted by molar-refractivity contribution is 6.26. The third-order valence-corrected chi connectivity index (χ3v) is 8.08. The maximum absolute atomic E-state index is 14.1. The minimum absolute atomic E-state index is 0.103. The van der Waals surface area contributed by atoms with Gasteiger partial charge in [-0.05, 0) is 57.4 Å². The van der Waals surface area contributed by atoms with Crippen molar-refractivity contribution in [2.75, 3.05) is 16.8 Å². The Morgan fingerprint density at radius 2 is 1.82 bits per heavy atom. The summed E-state index contributed by atoms with van der Waals surface area (Å²) in [7, 11) is 0. The van der Waals surface area contributed by atoms with Crippen LogP contribution in [0, 0.1) is 42.7 Å². The number of rotatable bonds is 2. The number of nitrogens with one attached hydrogen (secondary N) is 1. The summed E-state index contributed by atoms with van der Waals surface area (Å²) in [5.74, 6) is -2.47. The molecule has 3 saturated heterocycles. The molecule has 0 aromatic heterocycles. The summed E-state index contributed by atoms with van der Waals surface area (Å²) in [6, 6.07) is 7.89. The Morgan fingerprint density at radius 1 is 1.06 bits per heavy atom. The van der Waals surface area contributed by atoms with Gasteiger partial charge in [-0.15, -0.1) is 0 Å². The van der Waals surface area contributed by atoms with Crippen LogP contribution in [0.4, 0.5) is 17.1 Å². The van der Waals surface area contributed by atoms with E-state index in [2.05, 4.69) is 10.2 Å². The Labute approximate surface area is 195 Å². The van der Waals surface area contributed by atoms with Gasteiger partial charge in [0, 0.05) is 29.4 Å². The second kappa shape index (κ2) is 6.73. The van der Waals surface area contributed by atoms with Crippen molar-refractivity contribution in [2.45, 2.75) is 45.2 Å². The molecule has 4 heterocycles. The number of carbonyl (C=O) groups is 3. The molecule has 2 aromatic rings. The molecule has 1 N–H and O–H groups in total. The summed E-state index contributed by atoms with van der Waals surface area (Å²) < 4.78 is 0. The van der Waals surface area contributed by atoms with Crippen molar-refractivity contribution in [3.05, 3.63) is 62.7 Å². The number of anilines is 2. The normalized spacial score (nSPS) is 29.6. The lowest BCUT2D eigenvalue weighted by Gasteiger charge is -2.37. The van der Waals surface area contributed by atoms with Gasteiger partial charge in [0.25, 0.3) is 5.69 Å². The number of nitro benzene ring substituents is 1. The van der Waals surface area contributed by atoms with Crippen molar-refractivity contribution in [1.82, 2.24) is 4.90 Å². The second-order valence-corrected chi connectivity index (χ2v) is 9.87. The molecule has 34 heavy (non-hydrogen) atoms. The molecular weight excluding hydrogens is 436 g/mol. The van der Waals surface area contributed by atoms with Gasteiger partial charge < -0.3 is 5.32 Å². The molecular formula is C25H24N4O5. The van der Waals surface area contributed by atoms with E-state index in [1.165, 1.54) is 23.1 Å². The first kappa shape index (κ1) is 21.0. The standard InChI is InChI=1S/C25H24N4O5/c1-12-9-14(3)21-16(10-12)25(24(32)26-21)20-19(18-5-4-8-27(18)25)22(30)28(23(20)31)17-7-6-15(29(33)34)11-13(17)2/h6-7,9-11,18-20H,4-5,8H2,1-3H3,(H,26,32)/t18-,19-,20-,25+/m0/s1. The van der Waals surface area contributed by atoms with Crippen LogP contribution >= 0.6 is 0 Å². The monoisotopic (exact) mass is 460 g/mol. The van der Waals surface area contributed by atoms with E-state index in [9.17, 15) is 24.5 Å². The number of hydrogen-bond acceptors (Lipinski definition) is 6. The van der Waals surface area contributed by atoms with Gasteiger partial charge in [0.05, 0.1) is 22.4 Å². The van der Waals surface area contributed by atoms with Crippen molar-refractivity contribution in [3.63, 3.8) is 0 Å². The van der Waals surface area contributed by atoms with Gasteiger partial charge in [-0.2, -0.15) is 0 Å². The smallest absolute Gasteiger partial charge is 0.269 e. The van der Waals surface area contributed by atoms with E-state index in [1.807, 2.05) is 26.0 Å². The van der Waals surface area contributed by atoms with Crippen LogP contribution in [0.2, 0.25) is 0 Å². The first-order valence-electron chi connectivity index (χ1n) is 11.5. The molecule has 0 radical (unpaired) electrons. The summed E-state index contributed by atoms with van der Waals surface area (Å²) in [5, 5.41) is 14.2. The minimum atomic E-state index is -1.23. The molecule has 0 bridgehead atoms. The summed E-state index contributed by atoms with van der Waals surface area (Å²) in [5.41, 5.74) is 2.91. The molecule has 174 valence electrons. The highest BCUT2D eigenvalue weighted by Crippen LogP contribution is 2.61. The number of nitrogens with zero attached hydrogens (tertiary/aromatic N) is 3. The summed E-state index contributed by atoms with van der Waals surface area (Å²) in [4.78, 5) is 55.6. The molecule has 4 atom stereocenters. The van der Waals surface area contributed by atoms with Crippen LogP contribution in [0.5, 0.6) is 0 Å². The van der Waals surface area contributed by atoms with Crippen LogP contribution in [-0.2, 0) is 19.9 Å². The average molecular weight is 460 g/mol. The van der Waals surface area contributed by atoms with Crippen LogP contribution in [0.25, 0.3) is 0 Å². The van der Waals surface area contributed by atoms with Crippen LogP contribution in [0.3, 0.4) is 0 Å². The van der Waals surface area contributed by atoms with Crippen LogP contribution in [0.15, 0.2) is 30.3 Å². The zero-order valence-corrected chi connectivity index (χ0v) is 19.1. The van der Waals surface area contributed by atoms with Gasteiger partial charge in [-0.1, -0.05) is 17.7 Å². The molecule has 4 aliphatic heterocycles. The fourth-order valence-corrected chi connectivity index (χ4v) is 6.90. The van der Waals surface area contributed by atoms with Crippen molar-refractivity contribution in [3.8, 4) is 0 Å². The molecule has 0 aliphatic carbocycles. The molecule has 9 heteroatoms. The predicted octanol–water partition coefficient (Wildman–Crippen LogP) is 2.95. The lowest BCUT2D eigenvalue weighted by molar-refractivity contribution is -0.384. The highest BCUT2D eigenvalue weighted by Gasteiger charge is 2.74. The number of hydrogen-bond donors (Lipinski definition) is 1. The third kappa shape index (κ3) is 2.34. The fraction of sp³-hybridized carbons (Fsp3) is 0.400. The van der Waals surface area contributed by atoms with E-state index in [-0.39, 0.29) is 23.5 Å². The van der Waals surface area contributed by atoms with Gasteiger partial charge in [0.1, 0.15) is 5.54 Å². The first-order chi connectivity index (χ1) is 16.2. The Morgan fingerprint density at radius 3 is 2.53 bits per heavy atom. The van der Waals surface area contributed by atoms with E-state index in [0.29, 0.717) is 17.8 Å². The van der Waals surface area contributed by atoms with Crippen molar-refractivity contribution in [2.24, 2.45) is 11.8 Å². The van der Waals surface area contributed by atoms with Crippen LogP contribution < -0.4 is 10.2 Å². The number of imide groups is 1. The Balaban J connectivity index is 1.54. The molecule has 1 spiro atoms. The largest absolute Gasteiger partial charge is 0.324 e. The summed E-state index contributed by atoms with van der Waals surface area (Å²) in [6.07, 6.45) is 1.59. The number of amides is 3. The topological polar surface area (TPSA) is 113 Å². The van der Waals surface area contributed by atoms with Gasteiger partial charge >= 0.3 is 0 Å². The first-order valence-corrected chi connectivity index (χ1v) is 11.5. The quantitative estimate of drug-likeness (QED) is 0.419. The number of non-ortho nitro benzene ring substituents is 1. The van der Waals surface area contributed by atoms with E-state index in [1.54, 1.807) is 6.92 Å². The molecule has 0 saturated carbocycles. The van der Waals surface area contributed by atoms with Gasteiger partial charge in [-0.3, -0.25) is 29.4 Å². The minimum Gasteiger partial charge on any atom is -0.324 e. The molecule has 4 aliphatic rings. The number of aryl methyl sites for hydroxylation is 3. The maximum Gasteiger partial charge on any atom is 0.269 e. The average Bonchev–Trinajstić information content (AvgIpc) is 3.48. The number of nitro groups is 1. The Kier molecular flexibility index (Phi) is 4.15. The maximum atomic E-state index is 14.1. The lowest BCUT2D eigenvalue weighted by atomic mass is 9.75. The molecule has 3 amide bonds. The van der Waals surface area contributed by atoms with Crippen molar-refractivity contribution >= 4 is 34.8 Å². The fourth-order valence-electron chi connectivity index (χ4n) is 6.90. The summed E-state index contributed by atoms with van der Waals surface area (Å²) in [6.45, 7) is 6.20. The number of fused-ring (bicyclic) bond motifs is 7. The van der Waals surface area contributed by atoms with Crippen molar-refractivity contribution < 1.29 is 19.3 Å². The Bertz CT molecular complexity index is 1340. The zero-order valence-electron chi connectivity index (χ0n) is 19.1. The van der Waals surface area contributed by atoms with Crippen molar-refractivity contribution in [1.29, 1.82) is 0 Å². The van der Waals surface area contributed by atoms with Crippen LogP contribution in [0.1, 0.15) is 35.1 Å². The van der Waals surface area contributed by atoms with Crippen LogP contribution in [-0.4, -0.2) is 40.1 Å². The van der Waals surface area contributed by atoms with E-state index in [0.717, 1.165) is 35.2 Å². The Hall–Kier alpha value is -3.59. The lowest BCUT2D eigenvalue weighted by Crippen LogP contribution is -2.54. The van der Waals surface area contributed by atoms with Gasteiger partial charge in [0.2, 0.25) is 17.7 Å². The van der Waals surface area contributed by atoms with E-state index in [4.69, 9.17) is 0 Å². The number of benzene rings is 2. The second-order valence-electron chi connectivity index (χ2n) is 9.87. The molecule has 6 rings (SSSR count).